The molecule has 0 amide bonds. The number of carboxylic acid groups (broad SMARTS) is 2. The zero-order valence-corrected chi connectivity index (χ0v) is 6.61. The predicted octanol–water partition coefficient (Wildman–Crippen LogP) is -3.56. The maximum Gasteiger partial charge on any atom is 1.00 e. The topological polar surface area (TPSA) is 95.9 Å². The second-order valence-electron chi connectivity index (χ2n) is 1.57. The Morgan fingerprint density at radius 1 is 1.25 bits per heavy atom. The normalized spacial score (nSPS) is 8.00. The number of carbonyl (C=O) groups is 2. The third-order valence-corrected chi connectivity index (χ3v) is 0.734. The van der Waals surface area contributed by atoms with Crippen LogP contribution in [-0.4, -0.2) is 30.6 Å². The van der Waals surface area contributed by atoms with E-state index in [0.29, 0.717) is 0 Å². The zero-order valence-electron chi connectivity index (χ0n) is 6.61. The Hall–Kier alpha value is -0.863. The minimum Gasteiger partial charge on any atom is -0.550 e. The summed E-state index contributed by atoms with van der Waals surface area (Å²) in [5, 5.41) is 17.5. The molecule has 1 N–H and O–H groups in total. The van der Waals surface area contributed by atoms with Crippen LogP contribution in [-0.2, 0) is 9.47 Å². The first-order valence-corrected chi connectivity index (χ1v) is 2.82. The fraction of sp³-hybridized carbons (Fsp3) is 0.600. The van der Waals surface area contributed by atoms with Crippen LogP contribution in [0.1, 0.15) is 6.42 Å². The molecule has 0 unspecified atom stereocenters. The molecule has 6 nitrogen and oxygen atoms in total. The molecular weight excluding hydrogens is 163 g/mol. The molecule has 0 radical (unpaired) electrons. The van der Waals surface area contributed by atoms with Gasteiger partial charge in [0, 0.05) is 6.61 Å². The van der Waals surface area contributed by atoms with E-state index in [0.717, 1.165) is 0 Å². The summed E-state index contributed by atoms with van der Waals surface area (Å²) in [6.07, 6.45) is -2.82. The molecule has 0 bridgehead atoms. The predicted molar refractivity (Wildman–Crippen MR) is 29.9 cm³/mol. The smallest absolute Gasteiger partial charge is 0.550 e. The monoisotopic (exact) mass is 170 g/mol. The van der Waals surface area contributed by atoms with Crippen molar-refractivity contribution in [3.8, 4) is 0 Å². The minimum absolute atomic E-state index is 0. The third kappa shape index (κ3) is 11.9. The summed E-state index contributed by atoms with van der Waals surface area (Å²) in [5.41, 5.74) is 0. The van der Waals surface area contributed by atoms with Gasteiger partial charge in [-0.1, -0.05) is 0 Å². The van der Waals surface area contributed by atoms with E-state index in [4.69, 9.17) is 5.11 Å². The van der Waals surface area contributed by atoms with Crippen molar-refractivity contribution < 1.29 is 48.1 Å². The van der Waals surface area contributed by atoms with E-state index in [1.54, 1.807) is 0 Å². The number of hydrogen-bond acceptors (Lipinski definition) is 5. The van der Waals surface area contributed by atoms with Crippen LogP contribution in [0.4, 0.5) is 9.59 Å². The SMILES string of the molecule is O=C([O-])OCCCOC(=O)O.[Li+]. The first kappa shape index (κ1) is 13.7. The van der Waals surface area contributed by atoms with E-state index in [1.807, 2.05) is 0 Å². The van der Waals surface area contributed by atoms with Gasteiger partial charge in [0.15, 0.2) is 0 Å². The molecule has 0 aromatic heterocycles. The zero-order chi connectivity index (χ0) is 8.69. The van der Waals surface area contributed by atoms with Crippen LogP contribution >= 0.6 is 0 Å². The molecule has 0 heterocycles. The molecule has 64 valence electrons. The molecule has 12 heavy (non-hydrogen) atoms. The summed E-state index contributed by atoms with van der Waals surface area (Å²) in [7, 11) is 0. The molecule has 0 saturated heterocycles. The summed E-state index contributed by atoms with van der Waals surface area (Å²) in [4.78, 5) is 19.3. The van der Waals surface area contributed by atoms with Gasteiger partial charge in [0.2, 0.25) is 0 Å². The Bertz CT molecular complexity index is 131. The second kappa shape index (κ2) is 8.24. The van der Waals surface area contributed by atoms with E-state index < -0.39 is 12.3 Å². The Morgan fingerprint density at radius 3 is 2.17 bits per heavy atom. The van der Waals surface area contributed by atoms with Gasteiger partial charge in [-0.25, -0.2) is 4.79 Å². The van der Waals surface area contributed by atoms with Gasteiger partial charge in [-0.05, 0) is 6.42 Å². The Balaban J connectivity index is 0. The average molecular weight is 170 g/mol. The molecule has 0 aliphatic heterocycles. The van der Waals surface area contributed by atoms with Gasteiger partial charge in [-0.15, -0.1) is 0 Å². The second-order valence-corrected chi connectivity index (χ2v) is 1.57. The quantitative estimate of drug-likeness (QED) is 0.266. The van der Waals surface area contributed by atoms with Crippen molar-refractivity contribution in [1.29, 1.82) is 0 Å². The van der Waals surface area contributed by atoms with Crippen molar-refractivity contribution >= 4 is 12.3 Å². The summed E-state index contributed by atoms with van der Waals surface area (Å²) in [6.45, 7) is -0.196. The maximum atomic E-state index is 9.70. The minimum atomic E-state index is -1.62. The largest absolute Gasteiger partial charge is 1.00 e. The molecule has 0 fully saturated rings. The Kier molecular flexibility index (Phi) is 9.41. The molecule has 0 rings (SSSR count). The Labute approximate surface area is 80.6 Å². The number of hydrogen-bond donors (Lipinski definition) is 1. The maximum absolute atomic E-state index is 9.70. The molecule has 0 aliphatic carbocycles. The fourth-order valence-electron chi connectivity index (χ4n) is 0.374. The first-order chi connectivity index (χ1) is 5.13. The summed E-state index contributed by atoms with van der Waals surface area (Å²) < 4.78 is 8.00. The summed E-state index contributed by atoms with van der Waals surface area (Å²) in [5.74, 6) is 0. The van der Waals surface area contributed by atoms with Crippen LogP contribution < -0.4 is 24.0 Å². The van der Waals surface area contributed by atoms with E-state index in [2.05, 4.69) is 9.47 Å². The van der Waals surface area contributed by atoms with Gasteiger partial charge in [-0.3, -0.25) is 0 Å². The fourth-order valence-corrected chi connectivity index (χ4v) is 0.374. The molecule has 0 spiro atoms. The van der Waals surface area contributed by atoms with Gasteiger partial charge in [0.05, 0.1) is 6.61 Å². The summed E-state index contributed by atoms with van der Waals surface area (Å²) >= 11 is 0. The van der Waals surface area contributed by atoms with Gasteiger partial charge in [0.25, 0.3) is 6.16 Å². The van der Waals surface area contributed by atoms with Crippen molar-refractivity contribution in [3.05, 3.63) is 0 Å². The van der Waals surface area contributed by atoms with Crippen LogP contribution in [0.15, 0.2) is 0 Å². The van der Waals surface area contributed by atoms with Crippen LogP contribution in [0.2, 0.25) is 0 Å². The molecule has 0 atom stereocenters. The first-order valence-electron chi connectivity index (χ1n) is 2.82. The van der Waals surface area contributed by atoms with Crippen LogP contribution in [0.25, 0.3) is 0 Å². The molecule has 0 aromatic carbocycles. The average Bonchev–Trinajstić information content (AvgIpc) is 1.85. The van der Waals surface area contributed by atoms with Crippen molar-refractivity contribution in [1.82, 2.24) is 0 Å². The standard InChI is InChI=1S/C5H8O6.Li/c6-4(7)10-2-1-3-11-5(8)9;/h1-3H2,(H,6,7)(H,8,9);/q;+1/p-1. The van der Waals surface area contributed by atoms with E-state index in [1.165, 1.54) is 0 Å². The third-order valence-electron chi connectivity index (χ3n) is 0.734. The van der Waals surface area contributed by atoms with E-state index >= 15 is 0 Å². The molecule has 0 aliphatic rings. The molecule has 7 heteroatoms. The van der Waals surface area contributed by atoms with Crippen molar-refractivity contribution in [2.24, 2.45) is 0 Å². The van der Waals surface area contributed by atoms with E-state index in [9.17, 15) is 14.7 Å². The molecule has 0 saturated carbocycles. The molecular formula is C5H7LiO6. The van der Waals surface area contributed by atoms with Crippen molar-refractivity contribution in [2.75, 3.05) is 13.2 Å². The number of ether oxygens (including phenoxy) is 2. The van der Waals surface area contributed by atoms with Crippen LogP contribution in [0.3, 0.4) is 0 Å². The van der Waals surface area contributed by atoms with E-state index in [-0.39, 0.29) is 38.5 Å². The Morgan fingerprint density at radius 2 is 1.75 bits per heavy atom. The summed E-state index contributed by atoms with van der Waals surface area (Å²) in [6, 6.07) is 0. The van der Waals surface area contributed by atoms with Crippen molar-refractivity contribution in [3.63, 3.8) is 0 Å². The van der Waals surface area contributed by atoms with Gasteiger partial charge < -0.3 is 24.5 Å². The van der Waals surface area contributed by atoms with Gasteiger partial charge in [-0.2, -0.15) is 0 Å². The van der Waals surface area contributed by atoms with Crippen LogP contribution in [0, 0.1) is 0 Å². The van der Waals surface area contributed by atoms with Gasteiger partial charge in [0.1, 0.15) is 0 Å². The van der Waals surface area contributed by atoms with Gasteiger partial charge >= 0.3 is 25.0 Å². The number of carbonyl (C=O) groups excluding carboxylic acids is 1. The number of rotatable bonds is 4. The van der Waals surface area contributed by atoms with Crippen LogP contribution in [0.5, 0.6) is 0 Å². The van der Waals surface area contributed by atoms with Crippen molar-refractivity contribution in [2.45, 2.75) is 6.42 Å². The molecule has 0 aromatic rings.